The van der Waals surface area contributed by atoms with E-state index in [0.717, 1.165) is 56.9 Å². The van der Waals surface area contributed by atoms with E-state index in [1.165, 1.54) is 44.9 Å². The fourth-order valence-electron chi connectivity index (χ4n) is 5.20. The monoisotopic (exact) mass is 823 g/mol. The van der Waals surface area contributed by atoms with E-state index >= 15 is 0 Å². The Morgan fingerprint density at radius 3 is 1.74 bits per heavy atom. The van der Waals surface area contributed by atoms with Gasteiger partial charge in [0.15, 0.2) is 0 Å². The number of benzene rings is 3. The van der Waals surface area contributed by atoms with Gasteiger partial charge in [0.2, 0.25) is 0 Å². The van der Waals surface area contributed by atoms with E-state index in [2.05, 4.69) is 22.1 Å². The minimum absolute atomic E-state index is 0. The molecule has 15 nitrogen and oxygen atoms in total. The molecule has 0 atom stereocenters. The summed E-state index contributed by atoms with van der Waals surface area (Å²) in [5.41, 5.74) is -1.93. The smallest absolute Gasteiger partial charge is 0.870 e. The van der Waals surface area contributed by atoms with Crippen LogP contribution in [0.15, 0.2) is 66.3 Å². The normalized spacial score (nSPS) is 12.3. The number of hydrogen-bond donors (Lipinski definition) is 2. The first-order valence-corrected chi connectivity index (χ1v) is 20.4. The van der Waals surface area contributed by atoms with Crippen LogP contribution in [0.3, 0.4) is 0 Å². The number of hydrogen-bond acceptors (Lipinski definition) is 13. The first kappa shape index (κ1) is 52.3. The molecule has 0 unspecified atom stereocenters. The summed E-state index contributed by atoms with van der Waals surface area (Å²) in [4.78, 5) is 0.909. The molecular formula is C32H40N3Na3O12S3. The molecule has 0 aliphatic carbocycles. The van der Waals surface area contributed by atoms with Crippen molar-refractivity contribution in [3.63, 3.8) is 0 Å². The first-order valence-electron chi connectivity index (χ1n) is 16.1. The minimum Gasteiger partial charge on any atom is -0.870 e. The molecule has 3 aromatic carbocycles. The molecule has 0 aliphatic heterocycles. The second-order valence-electron chi connectivity index (χ2n) is 11.7. The van der Waals surface area contributed by atoms with E-state index in [0.29, 0.717) is 18.6 Å². The fraction of sp³-hybridized carbons (Fsp3) is 0.469. The zero-order chi connectivity index (χ0) is 37.1. The van der Waals surface area contributed by atoms with Crippen molar-refractivity contribution in [3.05, 3.63) is 36.4 Å². The van der Waals surface area contributed by atoms with Crippen molar-refractivity contribution in [1.29, 1.82) is 0 Å². The number of unbranched alkanes of at least 4 members (excludes halogenated alkanes) is 11. The Bertz CT molecular complexity index is 2060. The molecule has 0 saturated carbocycles. The van der Waals surface area contributed by atoms with Gasteiger partial charge in [0.1, 0.15) is 26.5 Å². The SMILES string of the molecule is CCCCCCCCCCCCCCOc1ccc(S(=O)(=O)[O-])cc1N=Nc1c(S(=O)(=O)O)cc2cc(S(=O)(=O)O)cc(N=C(C)[O-])c2c1[O-].[Na+].[Na+].[Na+]. The molecule has 0 aromatic heterocycles. The van der Waals surface area contributed by atoms with Gasteiger partial charge in [-0.3, -0.25) is 14.1 Å². The molecule has 0 fully saturated rings. The first-order chi connectivity index (χ1) is 23.4. The van der Waals surface area contributed by atoms with Gasteiger partial charge in [-0.15, -0.1) is 10.2 Å². The van der Waals surface area contributed by atoms with Gasteiger partial charge in [-0.1, -0.05) is 83.3 Å². The van der Waals surface area contributed by atoms with Gasteiger partial charge < -0.3 is 19.5 Å². The summed E-state index contributed by atoms with van der Waals surface area (Å²) in [6.45, 7) is 3.35. The number of fused-ring (bicyclic) bond motifs is 1. The predicted molar refractivity (Wildman–Crippen MR) is 181 cm³/mol. The molecule has 0 saturated heterocycles. The maximum absolute atomic E-state index is 13.6. The number of ether oxygens (including phenoxy) is 1. The topological polar surface area (TPSA) is 258 Å². The Morgan fingerprint density at radius 2 is 1.25 bits per heavy atom. The number of aliphatic imine (C=N–C) groups is 1. The van der Waals surface area contributed by atoms with Crippen molar-refractivity contribution in [2.24, 2.45) is 15.2 Å². The summed E-state index contributed by atoms with van der Waals surface area (Å²) in [6, 6.07) is 5.06. The van der Waals surface area contributed by atoms with Crippen molar-refractivity contribution in [1.82, 2.24) is 0 Å². The zero-order valence-corrected chi connectivity index (χ0v) is 39.1. The third kappa shape index (κ3) is 16.8. The second kappa shape index (κ2) is 24.2. The van der Waals surface area contributed by atoms with Gasteiger partial charge >= 0.3 is 88.7 Å². The summed E-state index contributed by atoms with van der Waals surface area (Å²) in [5, 5.41) is 31.9. The van der Waals surface area contributed by atoms with Crippen LogP contribution in [0.25, 0.3) is 10.8 Å². The quantitative estimate of drug-likeness (QED) is 0.0293. The van der Waals surface area contributed by atoms with Crippen molar-refractivity contribution in [3.8, 4) is 11.5 Å². The van der Waals surface area contributed by atoms with E-state index in [9.17, 15) is 49.1 Å². The molecule has 276 valence electrons. The molecule has 53 heavy (non-hydrogen) atoms. The molecule has 3 aromatic rings. The van der Waals surface area contributed by atoms with E-state index < -0.39 is 78.8 Å². The molecule has 0 spiro atoms. The maximum atomic E-state index is 13.6. The summed E-state index contributed by atoms with van der Waals surface area (Å²) >= 11 is 0. The summed E-state index contributed by atoms with van der Waals surface area (Å²) < 4.78 is 109. The van der Waals surface area contributed by atoms with Crippen LogP contribution in [0.5, 0.6) is 11.5 Å². The van der Waals surface area contributed by atoms with Crippen LogP contribution in [0.2, 0.25) is 0 Å². The van der Waals surface area contributed by atoms with Crippen LogP contribution in [-0.4, -0.2) is 51.4 Å². The molecule has 0 amide bonds. The van der Waals surface area contributed by atoms with Gasteiger partial charge in [-0.2, -0.15) is 16.8 Å². The summed E-state index contributed by atoms with van der Waals surface area (Å²) in [6.07, 6.45) is 13.4. The Kier molecular flexibility index (Phi) is 23.9. The van der Waals surface area contributed by atoms with Crippen LogP contribution >= 0.6 is 0 Å². The molecular weight excluding hydrogens is 784 g/mol. The third-order valence-corrected chi connectivity index (χ3v) is 10.2. The van der Waals surface area contributed by atoms with Crippen LogP contribution in [0.4, 0.5) is 17.1 Å². The Labute approximate surface area is 377 Å². The zero-order valence-electron chi connectivity index (χ0n) is 30.7. The van der Waals surface area contributed by atoms with Crippen LogP contribution in [0, 0.1) is 0 Å². The van der Waals surface area contributed by atoms with Crippen molar-refractivity contribution >= 4 is 64.1 Å². The van der Waals surface area contributed by atoms with Crippen LogP contribution in [-0.2, 0) is 30.4 Å². The molecule has 0 aliphatic rings. The van der Waals surface area contributed by atoms with Crippen LogP contribution < -0.4 is 104 Å². The Balaban J connectivity index is 0.00000901. The third-order valence-electron chi connectivity index (χ3n) is 7.67. The van der Waals surface area contributed by atoms with E-state index in [-0.39, 0.29) is 107 Å². The maximum Gasteiger partial charge on any atom is 1.00 e. The molecule has 21 heteroatoms. The van der Waals surface area contributed by atoms with E-state index in [4.69, 9.17) is 4.74 Å². The fourth-order valence-corrected chi connectivity index (χ4v) is 6.88. The second-order valence-corrected chi connectivity index (χ2v) is 15.9. The van der Waals surface area contributed by atoms with Crippen molar-refractivity contribution < 1.29 is 143 Å². The molecule has 3 rings (SSSR count). The van der Waals surface area contributed by atoms with E-state index in [1.54, 1.807) is 0 Å². The number of rotatable bonds is 20. The molecule has 2 N–H and O–H groups in total. The van der Waals surface area contributed by atoms with Gasteiger partial charge in [-0.05, 0) is 61.0 Å². The number of nitrogens with zero attached hydrogens (tertiary/aromatic N) is 3. The molecule has 0 radical (unpaired) electrons. The van der Waals surface area contributed by atoms with Crippen LogP contribution in [0.1, 0.15) is 90.9 Å². The Morgan fingerprint density at radius 1 is 0.717 bits per heavy atom. The standard InChI is InChI=1S/C32H43N3O12S3.3Na/c1-3-4-5-6-7-8-9-10-11-12-13-14-17-47-28-16-15-24(48(38,39)40)20-26(28)34-35-31-29(50(44,45)46)19-23-18-25(49(41,42)43)21-27(33-22(2)36)30(23)32(31)37;;;/h15-16,18-21,37H,3-14,17H2,1-2H3,(H,33,36)(H,38,39,40)(H,41,42,43)(H,44,45,46);;;/q;3*+1/p-3. The van der Waals surface area contributed by atoms with Gasteiger partial charge in [-0.25, -0.2) is 8.42 Å². The van der Waals surface area contributed by atoms with Crippen molar-refractivity contribution in [2.75, 3.05) is 6.61 Å². The summed E-state index contributed by atoms with van der Waals surface area (Å²) in [5.74, 6) is -2.20. The largest absolute Gasteiger partial charge is 1.00 e. The Hall–Kier alpha value is -0.680. The average molecular weight is 824 g/mol. The van der Waals surface area contributed by atoms with Crippen molar-refractivity contribution in [2.45, 2.75) is 106 Å². The average Bonchev–Trinajstić information content (AvgIpc) is 3.01. The minimum atomic E-state index is -5.25. The van der Waals surface area contributed by atoms with Gasteiger partial charge in [0.05, 0.1) is 27.8 Å². The summed E-state index contributed by atoms with van der Waals surface area (Å²) in [7, 11) is -15.2. The molecule has 0 bridgehead atoms. The molecule has 0 heterocycles. The van der Waals surface area contributed by atoms with E-state index in [1.807, 2.05) is 0 Å². The predicted octanol–water partition coefficient (Wildman–Crippen LogP) is -2.77. The number of azo groups is 1. The van der Waals surface area contributed by atoms with Gasteiger partial charge in [0, 0.05) is 5.39 Å². The van der Waals surface area contributed by atoms with Gasteiger partial charge in [0.25, 0.3) is 20.2 Å².